The fourth-order valence-electron chi connectivity index (χ4n) is 5.37. The molecule has 1 aliphatic carbocycles. The van der Waals surface area contributed by atoms with Crippen molar-refractivity contribution in [2.75, 3.05) is 0 Å². The molecule has 0 fully saturated rings. The van der Waals surface area contributed by atoms with E-state index in [-0.39, 0.29) is 39.1 Å². The first-order valence-electron chi connectivity index (χ1n) is 21.2. The average Bonchev–Trinajstić information content (AvgIpc) is 3.53. The van der Waals surface area contributed by atoms with Gasteiger partial charge in [0.25, 0.3) is 0 Å². The third-order valence-electron chi connectivity index (χ3n) is 7.10. The van der Waals surface area contributed by atoms with E-state index in [0.717, 1.165) is 6.07 Å². The first-order valence-corrected chi connectivity index (χ1v) is 11.2. The lowest BCUT2D eigenvalue weighted by Crippen LogP contribution is -2.38. The number of fused-ring (bicyclic) bond motifs is 6. The van der Waals surface area contributed by atoms with Gasteiger partial charge in [-0.2, -0.15) is 0 Å². The highest BCUT2D eigenvalue weighted by molar-refractivity contribution is 6.10. The van der Waals surface area contributed by atoms with E-state index in [1.807, 2.05) is 0 Å². The zero-order chi connectivity index (χ0) is 42.4. The highest BCUT2D eigenvalue weighted by atomic mass is 16.3. The van der Waals surface area contributed by atoms with E-state index >= 15 is 0 Å². The van der Waals surface area contributed by atoms with Gasteiger partial charge in [0, 0.05) is 60.8 Å². The maximum atomic E-state index is 9.59. The Bertz CT molecular complexity index is 2340. The summed E-state index contributed by atoms with van der Waals surface area (Å²) in [6, 6.07) is 11.1. The first kappa shape index (κ1) is 9.78. The number of aromatic nitrogens is 2. The molecule has 5 aromatic rings. The van der Waals surface area contributed by atoms with E-state index in [0.29, 0.717) is 10.9 Å². The zero-order valence-corrected chi connectivity index (χ0v) is 19.5. The van der Waals surface area contributed by atoms with Gasteiger partial charge >= 0.3 is 0 Å². The molecule has 0 atom stereocenters. The second-order valence-electron chi connectivity index (χ2n) is 9.12. The maximum absolute atomic E-state index is 9.59. The fraction of sp³-hybridized carbons (Fsp3) is 0.333. The van der Waals surface area contributed by atoms with Crippen LogP contribution in [-0.4, -0.2) is 4.98 Å². The molecule has 3 nitrogen and oxygen atoms in total. The summed E-state index contributed by atoms with van der Waals surface area (Å²) in [5.41, 5.74) is -5.22. The zero-order valence-electron chi connectivity index (χ0n) is 39.5. The molecule has 0 aliphatic heterocycles. The van der Waals surface area contributed by atoms with Gasteiger partial charge in [-0.1, -0.05) is 63.8 Å². The van der Waals surface area contributed by atoms with Gasteiger partial charge in [0.15, 0.2) is 11.8 Å². The largest absolute Gasteiger partial charge is 0.437 e. The van der Waals surface area contributed by atoms with Gasteiger partial charge in [0.2, 0.25) is 11.4 Å². The second kappa shape index (κ2) is 7.77. The summed E-state index contributed by atoms with van der Waals surface area (Å²) in [6.45, 7) is -19.9. The SMILES string of the molecule is [2H]C([2H])([2H])c1cc(-c2c(C)ccc3c2oc2nc4c(cc23)-c2ccccc2C4(C([2H])(C([2H])([2H])[2H])C([2H])([2H])[2H])C([2H])(C([2H])([2H])[2H])C([2H])([2H])[2H])[n+](C)cc1C([2H])([2H])[2H]. The Hall–Kier alpha value is -3.46. The number of nitrogens with zero attached hydrogens (tertiary/aromatic N) is 2. The lowest BCUT2D eigenvalue weighted by Gasteiger charge is -2.39. The van der Waals surface area contributed by atoms with Gasteiger partial charge < -0.3 is 4.42 Å². The molecule has 0 radical (unpaired) electrons. The number of pyridine rings is 2. The monoisotopic (exact) mass is 495 g/mol. The number of hydrogen-bond donors (Lipinski definition) is 0. The van der Waals surface area contributed by atoms with E-state index in [2.05, 4.69) is 4.98 Å². The molecule has 2 aromatic carbocycles. The first-order chi connectivity index (χ1) is 25.2. The smallest absolute Gasteiger partial charge is 0.227 e. The molecule has 0 saturated heterocycles. The summed E-state index contributed by atoms with van der Waals surface area (Å²) in [5, 5.41) is 0.522. The van der Waals surface area contributed by atoms with E-state index < -0.39 is 80.7 Å². The quantitative estimate of drug-likeness (QED) is 0.238. The van der Waals surface area contributed by atoms with Crippen LogP contribution in [0.5, 0.6) is 0 Å². The number of furan rings is 1. The highest BCUT2D eigenvalue weighted by Gasteiger charge is 2.49. The van der Waals surface area contributed by atoms with Crippen LogP contribution >= 0.6 is 0 Å². The van der Waals surface area contributed by atoms with Crippen molar-refractivity contribution in [3.05, 3.63) is 82.7 Å². The summed E-state index contributed by atoms with van der Waals surface area (Å²) in [5.74, 6) is -8.09. The van der Waals surface area contributed by atoms with Gasteiger partial charge in [0.1, 0.15) is 7.05 Å². The van der Waals surface area contributed by atoms with Crippen molar-refractivity contribution in [1.82, 2.24) is 4.98 Å². The molecule has 36 heavy (non-hydrogen) atoms. The van der Waals surface area contributed by atoms with Crippen molar-refractivity contribution in [3.63, 3.8) is 0 Å². The minimum Gasteiger partial charge on any atom is -0.437 e. The van der Waals surface area contributed by atoms with Crippen molar-refractivity contribution < 1.29 is 36.4 Å². The van der Waals surface area contributed by atoms with Crippen molar-refractivity contribution >= 4 is 22.1 Å². The predicted molar refractivity (Wildman–Crippen MR) is 148 cm³/mol. The fourth-order valence-corrected chi connectivity index (χ4v) is 5.37. The van der Waals surface area contributed by atoms with E-state index in [4.69, 9.17) is 29.1 Å². The van der Waals surface area contributed by atoms with Crippen LogP contribution in [0.1, 0.15) is 82.8 Å². The highest BCUT2D eigenvalue weighted by Crippen LogP contribution is 2.56. The molecule has 0 spiro atoms. The molecule has 0 N–H and O–H groups in total. The van der Waals surface area contributed by atoms with Crippen LogP contribution in [0.15, 0.2) is 59.1 Å². The molecule has 3 aromatic heterocycles. The molecule has 0 amide bonds. The average molecular weight is 496 g/mol. The van der Waals surface area contributed by atoms with Crippen LogP contribution in [-0.2, 0) is 12.5 Å². The molecule has 3 heterocycles. The van der Waals surface area contributed by atoms with Gasteiger partial charge in [-0.25, -0.2) is 9.55 Å². The molecule has 1 aliphatic rings. The maximum Gasteiger partial charge on any atom is 0.227 e. The van der Waals surface area contributed by atoms with E-state index in [9.17, 15) is 2.74 Å². The Morgan fingerprint density at radius 1 is 0.917 bits per heavy atom. The molecule has 3 heteroatoms. The minimum absolute atomic E-state index is 0.0522. The number of benzene rings is 2. The Kier molecular flexibility index (Phi) is 2.11. The topological polar surface area (TPSA) is 29.9 Å². The van der Waals surface area contributed by atoms with Crippen LogP contribution < -0.4 is 4.57 Å². The summed E-state index contributed by atoms with van der Waals surface area (Å²) in [6.07, 6.45) is 1.18. The standard InChI is InChI=1S/C33H35N2O/c1-18(2)33(19(3)4)27-12-10-9-11-23(27)25-16-26-24-14-13-20(5)29(30(24)36-32(26)34-31(25)33)28-15-21(6)22(7)17-35(28)8/h9-19H,1-8H3/q+1/i1D3,2D3,3D3,4D3,6D3,7D3,18D,19D. The summed E-state index contributed by atoms with van der Waals surface area (Å²) in [4.78, 5) is 4.56. The number of rotatable bonds is 3. The van der Waals surface area contributed by atoms with Crippen molar-refractivity contribution in [2.45, 2.75) is 53.5 Å². The third-order valence-corrected chi connectivity index (χ3v) is 7.10. The summed E-state index contributed by atoms with van der Waals surface area (Å²) >= 11 is 0. The lowest BCUT2D eigenvalue weighted by molar-refractivity contribution is -0.660. The minimum atomic E-state index is -4.04. The van der Waals surface area contributed by atoms with Gasteiger partial charge in [0.05, 0.1) is 11.3 Å². The molecule has 6 rings (SSSR count). The number of hydrogen-bond acceptors (Lipinski definition) is 2. The summed E-state index contributed by atoms with van der Waals surface area (Å²) in [7, 11) is 1.50. The molecule has 0 saturated carbocycles. The Balaban J connectivity index is 1.85. The van der Waals surface area contributed by atoms with Gasteiger partial charge in [-0.05, 0) is 60.7 Å². The van der Waals surface area contributed by atoms with Gasteiger partial charge in [-0.3, -0.25) is 0 Å². The summed E-state index contributed by atoms with van der Waals surface area (Å²) < 4.78 is 178. The molecular weight excluding hydrogens is 440 g/mol. The van der Waals surface area contributed by atoms with Crippen molar-refractivity contribution in [3.8, 4) is 22.4 Å². The Labute approximate surface area is 241 Å². The van der Waals surface area contributed by atoms with E-state index in [1.165, 1.54) is 48.1 Å². The van der Waals surface area contributed by atoms with E-state index in [1.54, 1.807) is 19.1 Å². The predicted octanol–water partition coefficient (Wildman–Crippen LogP) is 7.98. The lowest BCUT2D eigenvalue weighted by atomic mass is 9.64. The molecule has 0 bridgehead atoms. The van der Waals surface area contributed by atoms with Gasteiger partial charge in [-0.15, -0.1) is 0 Å². The van der Waals surface area contributed by atoms with Crippen LogP contribution in [0.2, 0.25) is 0 Å². The normalized spacial score (nSPS) is 25.2. The van der Waals surface area contributed by atoms with Crippen molar-refractivity contribution in [1.29, 1.82) is 0 Å². The Morgan fingerprint density at radius 3 is 2.44 bits per heavy atom. The molecule has 182 valence electrons. The van der Waals surface area contributed by atoms with Crippen LogP contribution in [0, 0.1) is 32.4 Å². The third kappa shape index (κ3) is 2.86. The second-order valence-corrected chi connectivity index (χ2v) is 9.12. The Morgan fingerprint density at radius 2 is 1.69 bits per heavy atom. The number of aryl methyl sites for hydroxylation is 4. The van der Waals surface area contributed by atoms with Crippen LogP contribution in [0.25, 0.3) is 44.5 Å². The van der Waals surface area contributed by atoms with Crippen LogP contribution in [0.3, 0.4) is 0 Å². The van der Waals surface area contributed by atoms with Crippen molar-refractivity contribution in [2.24, 2.45) is 18.8 Å². The molecule has 0 unspecified atom stereocenters. The molecular formula is C33H35N2O+. The van der Waals surface area contributed by atoms with Crippen LogP contribution in [0.4, 0.5) is 0 Å².